The van der Waals surface area contributed by atoms with Crippen LogP contribution in [0.1, 0.15) is 25.0 Å². The number of carbonyl (C=O) groups is 2. The fraction of sp³-hybridized carbons (Fsp3) is 0.364. The van der Waals surface area contributed by atoms with Crippen LogP contribution in [-0.4, -0.2) is 42.3 Å². The molecule has 0 fully saturated rings. The van der Waals surface area contributed by atoms with E-state index in [-0.39, 0.29) is 12.3 Å². The fourth-order valence-electron chi connectivity index (χ4n) is 2.82. The van der Waals surface area contributed by atoms with Crippen molar-refractivity contribution in [3.63, 3.8) is 0 Å². The number of benzene rings is 2. The van der Waals surface area contributed by atoms with Gasteiger partial charge in [-0.15, -0.1) is 0 Å². The van der Waals surface area contributed by atoms with E-state index >= 15 is 0 Å². The Hall–Kier alpha value is -2.28. The predicted molar refractivity (Wildman–Crippen MR) is 116 cm³/mol. The summed E-state index contributed by atoms with van der Waals surface area (Å²) in [6.45, 7) is 4.11. The second kappa shape index (κ2) is 11.8. The van der Waals surface area contributed by atoms with Crippen LogP contribution < -0.4 is 10.1 Å². The molecule has 0 aliphatic heterocycles. The normalized spacial score (nSPS) is 12.8. The maximum absolute atomic E-state index is 12.3. The number of aliphatic carboxylic acids is 1. The van der Waals surface area contributed by atoms with Crippen molar-refractivity contribution in [2.75, 3.05) is 13.2 Å². The topological polar surface area (TPSA) is 84.9 Å². The van der Waals surface area contributed by atoms with Gasteiger partial charge in [-0.05, 0) is 55.7 Å². The number of amides is 1. The summed E-state index contributed by atoms with van der Waals surface area (Å²) in [5.41, 5.74) is 1.59. The van der Waals surface area contributed by atoms with E-state index in [0.717, 1.165) is 11.1 Å². The predicted octanol–water partition coefficient (Wildman–Crippen LogP) is 4.15. The van der Waals surface area contributed by atoms with Gasteiger partial charge in [-0.25, -0.2) is 4.79 Å². The van der Waals surface area contributed by atoms with Gasteiger partial charge in [-0.3, -0.25) is 4.79 Å². The molecule has 0 heterocycles. The lowest BCUT2D eigenvalue weighted by Gasteiger charge is -2.16. The van der Waals surface area contributed by atoms with E-state index in [1.807, 2.05) is 0 Å². The monoisotopic (exact) mass is 453 g/mol. The second-order valence-electron chi connectivity index (χ2n) is 6.63. The summed E-state index contributed by atoms with van der Waals surface area (Å²) >= 11 is 12.3. The minimum atomic E-state index is -0.999. The number of ether oxygens (including phenoxy) is 2. The number of hydrogen-bond acceptors (Lipinski definition) is 4. The first kappa shape index (κ1) is 24.0. The molecule has 8 heteroatoms. The van der Waals surface area contributed by atoms with Crippen molar-refractivity contribution in [1.82, 2.24) is 5.32 Å². The van der Waals surface area contributed by atoms with Crippen molar-refractivity contribution < 1.29 is 24.2 Å². The van der Waals surface area contributed by atoms with E-state index in [2.05, 4.69) is 5.32 Å². The summed E-state index contributed by atoms with van der Waals surface area (Å²) < 4.78 is 10.9. The first-order valence-electron chi connectivity index (χ1n) is 9.62. The molecule has 2 N–H and O–H groups in total. The molecule has 0 aliphatic rings. The summed E-state index contributed by atoms with van der Waals surface area (Å²) in [4.78, 5) is 23.5. The lowest BCUT2D eigenvalue weighted by Crippen LogP contribution is -2.37. The Balaban J connectivity index is 1.84. The molecule has 0 bridgehead atoms. The molecule has 0 radical (unpaired) electrons. The Morgan fingerprint density at radius 2 is 1.73 bits per heavy atom. The van der Waals surface area contributed by atoms with Gasteiger partial charge >= 0.3 is 5.97 Å². The molecule has 162 valence electrons. The van der Waals surface area contributed by atoms with Crippen LogP contribution >= 0.6 is 23.2 Å². The third-order valence-corrected chi connectivity index (χ3v) is 5.11. The van der Waals surface area contributed by atoms with Gasteiger partial charge in [0.1, 0.15) is 5.75 Å². The lowest BCUT2D eigenvalue weighted by molar-refractivity contribution is -0.150. The molecule has 2 aromatic carbocycles. The SMILES string of the molecule is CCOC(Cc1ccc(OC(C)C(=O)NCCc2c(Cl)cccc2Cl)cc1)C(=O)O. The Morgan fingerprint density at radius 1 is 1.10 bits per heavy atom. The molecule has 2 rings (SSSR count). The first-order valence-corrected chi connectivity index (χ1v) is 10.4. The molecule has 2 atom stereocenters. The smallest absolute Gasteiger partial charge is 0.333 e. The maximum Gasteiger partial charge on any atom is 0.333 e. The van der Waals surface area contributed by atoms with Gasteiger partial charge in [0.05, 0.1) is 0 Å². The lowest BCUT2D eigenvalue weighted by atomic mass is 10.1. The zero-order valence-corrected chi connectivity index (χ0v) is 18.4. The number of carboxylic acids is 1. The van der Waals surface area contributed by atoms with Crippen LogP contribution in [-0.2, 0) is 27.2 Å². The van der Waals surface area contributed by atoms with Gasteiger partial charge in [-0.2, -0.15) is 0 Å². The summed E-state index contributed by atoms with van der Waals surface area (Å²) in [6.07, 6.45) is -0.828. The average molecular weight is 454 g/mol. The Morgan fingerprint density at radius 3 is 2.30 bits per heavy atom. The molecule has 2 aromatic rings. The highest BCUT2D eigenvalue weighted by molar-refractivity contribution is 6.36. The Kier molecular flexibility index (Phi) is 9.43. The van der Waals surface area contributed by atoms with Crippen LogP contribution in [0.2, 0.25) is 10.0 Å². The Labute approximate surface area is 186 Å². The van der Waals surface area contributed by atoms with Crippen LogP contribution in [0.15, 0.2) is 42.5 Å². The molecule has 0 aliphatic carbocycles. The molecular weight excluding hydrogens is 429 g/mol. The maximum atomic E-state index is 12.3. The number of nitrogens with one attached hydrogen (secondary N) is 1. The standard InChI is InChI=1S/C22H25Cl2NO5/c1-3-29-20(22(27)28)13-15-7-9-16(10-8-15)30-14(2)21(26)25-12-11-17-18(23)5-4-6-19(17)24/h4-10,14,20H,3,11-13H2,1-2H3,(H,25,26)(H,27,28). The van der Waals surface area contributed by atoms with Crippen molar-refractivity contribution in [1.29, 1.82) is 0 Å². The molecule has 6 nitrogen and oxygen atoms in total. The van der Waals surface area contributed by atoms with E-state index in [4.69, 9.17) is 37.8 Å². The van der Waals surface area contributed by atoms with E-state index in [1.54, 1.807) is 56.3 Å². The highest BCUT2D eigenvalue weighted by Crippen LogP contribution is 2.24. The van der Waals surface area contributed by atoms with Gasteiger partial charge in [0.15, 0.2) is 12.2 Å². The Bertz CT molecular complexity index is 837. The summed E-state index contributed by atoms with van der Waals surface area (Å²) in [5.74, 6) is -0.746. The van der Waals surface area contributed by atoms with Crippen molar-refractivity contribution in [2.45, 2.75) is 38.9 Å². The van der Waals surface area contributed by atoms with E-state index in [9.17, 15) is 9.59 Å². The first-order chi connectivity index (χ1) is 14.3. The number of carbonyl (C=O) groups excluding carboxylic acids is 1. The summed E-state index contributed by atoms with van der Waals surface area (Å²) in [7, 11) is 0. The minimum absolute atomic E-state index is 0.254. The molecule has 0 saturated carbocycles. The van der Waals surface area contributed by atoms with Gasteiger partial charge in [0.25, 0.3) is 5.91 Å². The fourth-order valence-corrected chi connectivity index (χ4v) is 3.41. The van der Waals surface area contributed by atoms with Crippen molar-refractivity contribution in [2.24, 2.45) is 0 Å². The zero-order chi connectivity index (χ0) is 22.1. The molecule has 0 spiro atoms. The van der Waals surface area contributed by atoms with Crippen LogP contribution in [0.3, 0.4) is 0 Å². The molecule has 1 amide bonds. The second-order valence-corrected chi connectivity index (χ2v) is 7.45. The zero-order valence-electron chi connectivity index (χ0n) is 16.9. The molecule has 30 heavy (non-hydrogen) atoms. The van der Waals surface area contributed by atoms with Crippen LogP contribution in [0.5, 0.6) is 5.75 Å². The molecular formula is C22H25Cl2NO5. The van der Waals surface area contributed by atoms with Gasteiger partial charge in [0.2, 0.25) is 0 Å². The number of rotatable bonds is 11. The van der Waals surface area contributed by atoms with Crippen molar-refractivity contribution in [3.05, 3.63) is 63.6 Å². The third-order valence-electron chi connectivity index (χ3n) is 4.41. The molecule has 2 unspecified atom stereocenters. The molecule has 0 aromatic heterocycles. The van der Waals surface area contributed by atoms with Gasteiger partial charge in [0, 0.05) is 29.6 Å². The van der Waals surface area contributed by atoms with E-state index in [1.165, 1.54) is 0 Å². The average Bonchev–Trinajstić information content (AvgIpc) is 2.71. The highest BCUT2D eigenvalue weighted by Gasteiger charge is 2.18. The quantitative estimate of drug-likeness (QED) is 0.533. The number of halogens is 2. The van der Waals surface area contributed by atoms with Crippen LogP contribution in [0, 0.1) is 0 Å². The summed E-state index contributed by atoms with van der Waals surface area (Å²) in [5, 5.41) is 13.1. The van der Waals surface area contributed by atoms with Gasteiger partial charge in [-0.1, -0.05) is 41.4 Å². The number of carboxylic acid groups (broad SMARTS) is 1. The van der Waals surface area contributed by atoms with E-state index in [0.29, 0.717) is 35.4 Å². The summed E-state index contributed by atoms with van der Waals surface area (Å²) in [6, 6.07) is 12.2. The number of hydrogen-bond donors (Lipinski definition) is 2. The van der Waals surface area contributed by atoms with E-state index < -0.39 is 18.2 Å². The largest absolute Gasteiger partial charge is 0.481 e. The van der Waals surface area contributed by atoms with Gasteiger partial charge < -0.3 is 19.9 Å². The van der Waals surface area contributed by atoms with Crippen molar-refractivity contribution >= 4 is 35.1 Å². The van der Waals surface area contributed by atoms with Crippen LogP contribution in [0.4, 0.5) is 0 Å². The molecule has 0 saturated heterocycles. The highest BCUT2D eigenvalue weighted by atomic mass is 35.5. The minimum Gasteiger partial charge on any atom is -0.481 e. The third kappa shape index (κ3) is 7.20. The van der Waals surface area contributed by atoms with Crippen LogP contribution in [0.25, 0.3) is 0 Å². The van der Waals surface area contributed by atoms with Crippen molar-refractivity contribution in [3.8, 4) is 5.75 Å².